The Labute approximate surface area is 75.7 Å². The minimum Gasteiger partial charge on any atom is -0.316 e. The molecule has 0 fully saturated rings. The molecule has 0 amide bonds. The van der Waals surface area contributed by atoms with E-state index in [0.29, 0.717) is 11.8 Å². The minimum absolute atomic E-state index is 0.285. The summed E-state index contributed by atoms with van der Waals surface area (Å²) < 4.78 is 0. The van der Waals surface area contributed by atoms with Gasteiger partial charge < -0.3 is 10.1 Å². The van der Waals surface area contributed by atoms with Gasteiger partial charge in [0.1, 0.15) is 5.78 Å². The van der Waals surface area contributed by atoms with E-state index in [1.54, 1.807) is 6.92 Å². The molecule has 0 heterocycles. The zero-order valence-electron chi connectivity index (χ0n) is 8.74. The van der Waals surface area contributed by atoms with E-state index in [0.717, 1.165) is 19.5 Å². The number of rotatable bonds is 5. The van der Waals surface area contributed by atoms with Crippen molar-refractivity contribution >= 4 is 5.78 Å². The molecule has 0 radical (unpaired) electrons. The van der Waals surface area contributed by atoms with Crippen molar-refractivity contribution in [2.75, 3.05) is 13.1 Å². The van der Waals surface area contributed by atoms with Gasteiger partial charge in [-0.3, -0.25) is 0 Å². The summed E-state index contributed by atoms with van der Waals surface area (Å²) in [4.78, 5) is 10.6. The molecule has 0 aromatic heterocycles. The number of carbonyl (C=O) groups is 1. The SMILES string of the molecule is CC(=O)CCCNCC(C)(C)C. The molecule has 0 atom stereocenters. The Morgan fingerprint density at radius 1 is 1.33 bits per heavy atom. The van der Waals surface area contributed by atoms with Crippen LogP contribution in [0, 0.1) is 5.41 Å². The van der Waals surface area contributed by atoms with Gasteiger partial charge >= 0.3 is 0 Å². The first-order valence-electron chi connectivity index (χ1n) is 4.62. The highest BCUT2D eigenvalue weighted by atomic mass is 16.1. The summed E-state index contributed by atoms with van der Waals surface area (Å²) in [6.45, 7) is 10.2. The highest BCUT2D eigenvalue weighted by Gasteiger charge is 2.08. The lowest BCUT2D eigenvalue weighted by Gasteiger charge is -2.18. The molecule has 0 aliphatic carbocycles. The zero-order chi connectivity index (χ0) is 9.61. The van der Waals surface area contributed by atoms with Gasteiger partial charge in [0, 0.05) is 6.42 Å². The Morgan fingerprint density at radius 3 is 2.33 bits per heavy atom. The van der Waals surface area contributed by atoms with E-state index in [-0.39, 0.29) is 5.78 Å². The van der Waals surface area contributed by atoms with Crippen LogP contribution in [0.15, 0.2) is 0 Å². The van der Waals surface area contributed by atoms with E-state index < -0.39 is 0 Å². The van der Waals surface area contributed by atoms with Gasteiger partial charge in [-0.2, -0.15) is 0 Å². The summed E-state index contributed by atoms with van der Waals surface area (Å²) in [5, 5.41) is 3.33. The van der Waals surface area contributed by atoms with E-state index in [9.17, 15) is 4.79 Å². The van der Waals surface area contributed by atoms with Crippen molar-refractivity contribution in [2.45, 2.75) is 40.5 Å². The molecule has 0 saturated heterocycles. The largest absolute Gasteiger partial charge is 0.316 e. The molecule has 2 heteroatoms. The van der Waals surface area contributed by atoms with E-state index in [1.165, 1.54) is 0 Å². The highest BCUT2D eigenvalue weighted by molar-refractivity contribution is 5.75. The van der Waals surface area contributed by atoms with E-state index in [4.69, 9.17) is 0 Å². The molecule has 0 saturated carbocycles. The average molecular weight is 171 g/mol. The second kappa shape index (κ2) is 5.31. The molecule has 12 heavy (non-hydrogen) atoms. The summed E-state index contributed by atoms with van der Waals surface area (Å²) in [5.41, 5.74) is 0.343. The van der Waals surface area contributed by atoms with Crippen LogP contribution in [-0.4, -0.2) is 18.9 Å². The van der Waals surface area contributed by atoms with Crippen LogP contribution in [-0.2, 0) is 4.79 Å². The molecule has 0 spiro atoms. The molecule has 2 nitrogen and oxygen atoms in total. The average Bonchev–Trinajstić information content (AvgIpc) is 1.83. The Kier molecular flexibility index (Phi) is 5.14. The predicted octanol–water partition coefficient (Wildman–Crippen LogP) is 1.99. The maximum absolute atomic E-state index is 10.6. The number of Topliss-reactive ketones (excluding diaryl/α,β-unsaturated/α-hetero) is 1. The van der Waals surface area contributed by atoms with Crippen LogP contribution in [0.1, 0.15) is 40.5 Å². The maximum Gasteiger partial charge on any atom is 0.129 e. The second-order valence-electron chi connectivity index (χ2n) is 4.54. The molecule has 0 aromatic carbocycles. The van der Waals surface area contributed by atoms with Crippen LogP contribution in [0.3, 0.4) is 0 Å². The summed E-state index contributed by atoms with van der Waals surface area (Å²) in [6.07, 6.45) is 1.67. The van der Waals surface area contributed by atoms with Gasteiger partial charge in [0.2, 0.25) is 0 Å². The second-order valence-corrected chi connectivity index (χ2v) is 4.54. The quantitative estimate of drug-likeness (QED) is 0.641. The number of ketones is 1. The van der Waals surface area contributed by atoms with Crippen molar-refractivity contribution in [1.29, 1.82) is 0 Å². The fourth-order valence-corrected chi connectivity index (χ4v) is 0.926. The predicted molar refractivity (Wildman–Crippen MR) is 52.2 cm³/mol. The van der Waals surface area contributed by atoms with E-state index >= 15 is 0 Å². The first kappa shape index (κ1) is 11.6. The smallest absolute Gasteiger partial charge is 0.129 e. The van der Waals surface area contributed by atoms with Crippen molar-refractivity contribution < 1.29 is 4.79 Å². The van der Waals surface area contributed by atoms with E-state index in [1.807, 2.05) is 0 Å². The van der Waals surface area contributed by atoms with Crippen molar-refractivity contribution in [1.82, 2.24) is 5.32 Å². The van der Waals surface area contributed by atoms with Crippen LogP contribution >= 0.6 is 0 Å². The van der Waals surface area contributed by atoms with Gasteiger partial charge in [0.25, 0.3) is 0 Å². The fourth-order valence-electron chi connectivity index (χ4n) is 0.926. The van der Waals surface area contributed by atoms with Gasteiger partial charge in [-0.1, -0.05) is 20.8 Å². The van der Waals surface area contributed by atoms with Crippen molar-refractivity contribution in [3.8, 4) is 0 Å². The monoisotopic (exact) mass is 171 g/mol. The molecule has 0 aromatic rings. The number of hydrogen-bond donors (Lipinski definition) is 1. The zero-order valence-corrected chi connectivity index (χ0v) is 8.74. The lowest BCUT2D eigenvalue weighted by molar-refractivity contribution is -0.117. The van der Waals surface area contributed by atoms with Gasteiger partial charge in [-0.25, -0.2) is 0 Å². The minimum atomic E-state index is 0.285. The molecule has 0 bridgehead atoms. The van der Waals surface area contributed by atoms with Crippen molar-refractivity contribution in [3.63, 3.8) is 0 Å². The molecular formula is C10H21NO. The van der Waals surface area contributed by atoms with Crippen LogP contribution in [0.5, 0.6) is 0 Å². The van der Waals surface area contributed by atoms with Gasteiger partial charge in [0.15, 0.2) is 0 Å². The van der Waals surface area contributed by atoms with Crippen LogP contribution in [0.2, 0.25) is 0 Å². The first-order chi connectivity index (χ1) is 5.42. The third-order valence-corrected chi connectivity index (χ3v) is 1.54. The fraction of sp³-hybridized carbons (Fsp3) is 0.900. The third kappa shape index (κ3) is 9.63. The molecular weight excluding hydrogens is 150 g/mol. The lowest BCUT2D eigenvalue weighted by atomic mass is 9.97. The Hall–Kier alpha value is -0.370. The topological polar surface area (TPSA) is 29.1 Å². The third-order valence-electron chi connectivity index (χ3n) is 1.54. The molecule has 0 aliphatic heterocycles. The number of nitrogens with one attached hydrogen (secondary N) is 1. The number of carbonyl (C=O) groups excluding carboxylic acids is 1. The summed E-state index contributed by atoms with van der Waals surface area (Å²) in [5.74, 6) is 0.285. The molecule has 0 aliphatic rings. The summed E-state index contributed by atoms with van der Waals surface area (Å²) >= 11 is 0. The normalized spacial score (nSPS) is 11.7. The lowest BCUT2D eigenvalue weighted by Crippen LogP contribution is -2.27. The molecule has 0 rings (SSSR count). The first-order valence-corrected chi connectivity index (χ1v) is 4.62. The molecule has 1 N–H and O–H groups in total. The van der Waals surface area contributed by atoms with Crippen LogP contribution in [0.25, 0.3) is 0 Å². The standard InChI is InChI=1S/C10H21NO/c1-9(12)6-5-7-11-8-10(2,3)4/h11H,5-8H2,1-4H3. The Balaban J connectivity index is 3.17. The van der Waals surface area contributed by atoms with Crippen molar-refractivity contribution in [3.05, 3.63) is 0 Å². The van der Waals surface area contributed by atoms with Gasteiger partial charge in [-0.15, -0.1) is 0 Å². The molecule has 0 unspecified atom stereocenters. The molecule has 72 valence electrons. The van der Waals surface area contributed by atoms with Crippen molar-refractivity contribution in [2.24, 2.45) is 5.41 Å². The van der Waals surface area contributed by atoms with Gasteiger partial charge in [-0.05, 0) is 31.8 Å². The summed E-state index contributed by atoms with van der Waals surface area (Å²) in [6, 6.07) is 0. The maximum atomic E-state index is 10.6. The van der Waals surface area contributed by atoms with Crippen LogP contribution in [0.4, 0.5) is 0 Å². The Morgan fingerprint density at radius 2 is 1.92 bits per heavy atom. The van der Waals surface area contributed by atoms with E-state index in [2.05, 4.69) is 26.1 Å². The van der Waals surface area contributed by atoms with Gasteiger partial charge in [0.05, 0.1) is 0 Å². The van der Waals surface area contributed by atoms with Crippen LogP contribution < -0.4 is 5.32 Å². The number of hydrogen-bond acceptors (Lipinski definition) is 2. The summed E-state index contributed by atoms with van der Waals surface area (Å²) in [7, 11) is 0. The Bertz CT molecular complexity index is 135. The highest BCUT2D eigenvalue weighted by Crippen LogP contribution is 2.09.